The van der Waals surface area contributed by atoms with Crippen molar-refractivity contribution in [3.05, 3.63) is 27.1 Å². The van der Waals surface area contributed by atoms with E-state index >= 15 is 0 Å². The number of morpholine rings is 1. The van der Waals surface area contributed by atoms with Crippen LogP contribution in [0.3, 0.4) is 0 Å². The minimum Gasteiger partial charge on any atom is -0.372 e. The number of carbonyl (C=O) groups is 1. The highest BCUT2D eigenvalue weighted by molar-refractivity contribution is 7.18. The molecule has 1 aliphatic heterocycles. The fourth-order valence-corrected chi connectivity index (χ4v) is 6.11. The van der Waals surface area contributed by atoms with Crippen molar-refractivity contribution < 1.29 is 9.53 Å². The van der Waals surface area contributed by atoms with Gasteiger partial charge in [0.1, 0.15) is 4.83 Å². The Morgan fingerprint density at radius 1 is 1.27 bits per heavy atom. The average Bonchev–Trinajstić information content (AvgIpc) is 3.04. The van der Waals surface area contributed by atoms with Crippen molar-refractivity contribution in [2.45, 2.75) is 79.1 Å². The summed E-state index contributed by atoms with van der Waals surface area (Å²) in [6.07, 6.45) is 5.12. The van der Waals surface area contributed by atoms with Crippen molar-refractivity contribution in [3.8, 4) is 0 Å². The zero-order valence-corrected chi connectivity index (χ0v) is 19.6. The maximum Gasteiger partial charge on any atom is 0.262 e. The molecule has 6 nitrogen and oxygen atoms in total. The lowest BCUT2D eigenvalue weighted by Crippen LogP contribution is -2.48. The lowest BCUT2D eigenvalue weighted by Gasteiger charge is -2.35. The van der Waals surface area contributed by atoms with Crippen LogP contribution in [0.4, 0.5) is 0 Å². The number of thiophene rings is 1. The third-order valence-electron chi connectivity index (χ3n) is 6.60. The first kappa shape index (κ1) is 21.5. The molecular weight excluding hydrogens is 398 g/mol. The average molecular weight is 432 g/mol. The fraction of sp³-hybridized carbons (Fsp3) is 0.696. The van der Waals surface area contributed by atoms with Gasteiger partial charge in [0.2, 0.25) is 5.91 Å². The van der Waals surface area contributed by atoms with Crippen molar-refractivity contribution >= 4 is 27.5 Å². The Hall–Kier alpha value is -1.73. The van der Waals surface area contributed by atoms with Crippen LogP contribution in [-0.2, 0) is 28.9 Å². The maximum absolute atomic E-state index is 13.2. The molecule has 164 valence electrons. The predicted molar refractivity (Wildman–Crippen MR) is 120 cm³/mol. The lowest BCUT2D eigenvalue weighted by atomic mass is 9.72. The van der Waals surface area contributed by atoms with E-state index in [1.165, 1.54) is 10.4 Å². The second-order valence-electron chi connectivity index (χ2n) is 10.0. The van der Waals surface area contributed by atoms with Crippen molar-refractivity contribution in [2.75, 3.05) is 13.1 Å². The molecule has 3 unspecified atom stereocenters. The van der Waals surface area contributed by atoms with Crippen LogP contribution in [0.5, 0.6) is 0 Å². The van der Waals surface area contributed by atoms with Crippen LogP contribution < -0.4 is 5.56 Å². The number of hydrogen-bond donors (Lipinski definition) is 0. The van der Waals surface area contributed by atoms with Gasteiger partial charge in [-0.2, -0.15) is 0 Å². The SMILES string of the molecule is CC1CN(C(=O)CCn2cnc3sc4c(c3c2=O)CCC(C(C)(C)C)C4)CC(C)O1. The van der Waals surface area contributed by atoms with Crippen LogP contribution in [0.1, 0.15) is 57.9 Å². The molecule has 0 radical (unpaired) electrons. The molecule has 0 saturated carbocycles. The molecule has 0 N–H and O–H groups in total. The Morgan fingerprint density at radius 3 is 2.63 bits per heavy atom. The summed E-state index contributed by atoms with van der Waals surface area (Å²) in [5.74, 6) is 0.709. The predicted octanol–water partition coefficient (Wildman–Crippen LogP) is 3.63. The highest BCUT2D eigenvalue weighted by Gasteiger charge is 2.32. The van der Waals surface area contributed by atoms with Crippen molar-refractivity contribution in [1.29, 1.82) is 0 Å². The van der Waals surface area contributed by atoms with E-state index in [9.17, 15) is 9.59 Å². The Labute approximate surface area is 182 Å². The maximum atomic E-state index is 13.2. The number of rotatable bonds is 3. The molecule has 2 aromatic rings. The minimum absolute atomic E-state index is 0.00298. The molecule has 0 spiro atoms. The first-order chi connectivity index (χ1) is 14.1. The molecule has 30 heavy (non-hydrogen) atoms. The number of amides is 1. The van der Waals surface area contributed by atoms with Gasteiger partial charge in [-0.15, -0.1) is 11.3 Å². The summed E-state index contributed by atoms with van der Waals surface area (Å²) < 4.78 is 7.33. The van der Waals surface area contributed by atoms with E-state index in [0.717, 1.165) is 29.5 Å². The van der Waals surface area contributed by atoms with E-state index in [1.54, 1.807) is 22.2 Å². The van der Waals surface area contributed by atoms with Crippen LogP contribution >= 0.6 is 11.3 Å². The number of nitrogens with zero attached hydrogens (tertiary/aromatic N) is 3. The highest BCUT2D eigenvalue weighted by Crippen LogP contribution is 2.41. The summed E-state index contributed by atoms with van der Waals surface area (Å²) in [6, 6.07) is 0. The number of aryl methyl sites for hydroxylation is 2. The number of hydrogen-bond acceptors (Lipinski definition) is 5. The van der Waals surface area contributed by atoms with E-state index in [2.05, 4.69) is 25.8 Å². The van der Waals surface area contributed by atoms with E-state index in [4.69, 9.17) is 4.74 Å². The largest absolute Gasteiger partial charge is 0.372 e. The second kappa shape index (κ2) is 8.08. The summed E-state index contributed by atoms with van der Waals surface area (Å²) in [6.45, 7) is 12.5. The van der Waals surface area contributed by atoms with E-state index in [1.807, 2.05) is 18.7 Å². The van der Waals surface area contributed by atoms with E-state index < -0.39 is 0 Å². The quantitative estimate of drug-likeness (QED) is 0.744. The van der Waals surface area contributed by atoms with Gasteiger partial charge in [0.15, 0.2) is 0 Å². The van der Waals surface area contributed by atoms with Crippen LogP contribution in [0.15, 0.2) is 11.1 Å². The van der Waals surface area contributed by atoms with Crippen LogP contribution in [0, 0.1) is 11.3 Å². The van der Waals surface area contributed by atoms with Crippen LogP contribution in [0.2, 0.25) is 0 Å². The molecule has 4 rings (SSSR count). The van der Waals surface area contributed by atoms with Gasteiger partial charge < -0.3 is 9.64 Å². The van der Waals surface area contributed by atoms with Gasteiger partial charge in [-0.1, -0.05) is 20.8 Å². The molecule has 1 saturated heterocycles. The monoisotopic (exact) mass is 431 g/mol. The molecule has 0 aromatic carbocycles. The molecule has 3 heterocycles. The summed E-state index contributed by atoms with van der Waals surface area (Å²) in [4.78, 5) is 34.5. The Kier molecular flexibility index (Phi) is 5.79. The van der Waals surface area contributed by atoms with Gasteiger partial charge in [-0.3, -0.25) is 14.2 Å². The fourth-order valence-electron chi connectivity index (χ4n) is 4.86. The summed E-state index contributed by atoms with van der Waals surface area (Å²) in [5.41, 5.74) is 1.48. The van der Waals surface area contributed by atoms with Gasteiger partial charge in [0.05, 0.1) is 23.9 Å². The van der Waals surface area contributed by atoms with E-state index in [-0.39, 0.29) is 29.1 Å². The highest BCUT2D eigenvalue weighted by atomic mass is 32.1. The van der Waals surface area contributed by atoms with E-state index in [0.29, 0.717) is 32.0 Å². The molecule has 3 atom stereocenters. The van der Waals surface area contributed by atoms with Crippen molar-refractivity contribution in [3.63, 3.8) is 0 Å². The number of aromatic nitrogens is 2. The third-order valence-corrected chi connectivity index (χ3v) is 7.76. The molecule has 7 heteroatoms. The third kappa shape index (κ3) is 4.19. The van der Waals surface area contributed by atoms with Gasteiger partial charge >= 0.3 is 0 Å². The number of ether oxygens (including phenoxy) is 1. The molecule has 2 aliphatic rings. The van der Waals surface area contributed by atoms with Crippen molar-refractivity contribution in [2.24, 2.45) is 11.3 Å². The van der Waals surface area contributed by atoms with Crippen molar-refractivity contribution in [1.82, 2.24) is 14.5 Å². The first-order valence-corrected chi connectivity index (χ1v) is 11.9. The minimum atomic E-state index is 0.00298. The number of carbonyl (C=O) groups excluding carboxylic acids is 1. The summed E-state index contributed by atoms with van der Waals surface area (Å²) >= 11 is 1.68. The zero-order chi connectivity index (χ0) is 21.6. The van der Waals surface area contributed by atoms with Gasteiger partial charge in [-0.05, 0) is 50.0 Å². The molecule has 0 bridgehead atoms. The molecule has 2 aromatic heterocycles. The van der Waals surface area contributed by atoms with Gasteiger partial charge in [0, 0.05) is 30.9 Å². The van der Waals surface area contributed by atoms with Crippen LogP contribution in [-0.4, -0.2) is 45.7 Å². The van der Waals surface area contributed by atoms with Crippen LogP contribution in [0.25, 0.3) is 10.2 Å². The normalized spacial score (nSPS) is 24.8. The molecule has 1 fully saturated rings. The summed E-state index contributed by atoms with van der Waals surface area (Å²) in [7, 11) is 0. The topological polar surface area (TPSA) is 64.4 Å². The standard InChI is InChI=1S/C23H33N3O3S/c1-14-11-26(12-15(2)29-14)19(27)8-9-25-13-24-21-20(22(25)28)17-7-6-16(23(3,4)5)10-18(17)30-21/h13-16H,6-12H2,1-5H3. The Balaban J connectivity index is 1.52. The van der Waals surface area contributed by atoms with Gasteiger partial charge in [-0.25, -0.2) is 4.98 Å². The second-order valence-corrected chi connectivity index (χ2v) is 11.1. The zero-order valence-electron chi connectivity index (χ0n) is 18.7. The lowest BCUT2D eigenvalue weighted by molar-refractivity contribution is -0.143. The molecular formula is C23H33N3O3S. The summed E-state index contributed by atoms with van der Waals surface area (Å²) in [5, 5.41) is 0.783. The Morgan fingerprint density at radius 2 is 1.97 bits per heavy atom. The smallest absolute Gasteiger partial charge is 0.262 e. The number of fused-ring (bicyclic) bond motifs is 3. The Bertz CT molecular complexity index is 994. The molecule has 1 aliphatic carbocycles. The first-order valence-electron chi connectivity index (χ1n) is 11.1. The van der Waals surface area contributed by atoms with Gasteiger partial charge in [0.25, 0.3) is 5.56 Å². The molecule has 1 amide bonds.